The first-order valence-electron chi connectivity index (χ1n) is 8.58. The lowest BCUT2D eigenvalue weighted by Crippen LogP contribution is -2.28. The summed E-state index contributed by atoms with van der Waals surface area (Å²) < 4.78 is 0. The smallest absolute Gasteiger partial charge is 0.263 e. The predicted molar refractivity (Wildman–Crippen MR) is 90.1 cm³/mol. The van der Waals surface area contributed by atoms with Crippen LogP contribution in [0.3, 0.4) is 0 Å². The zero-order valence-corrected chi connectivity index (χ0v) is 13.2. The summed E-state index contributed by atoms with van der Waals surface area (Å²) in [6.07, 6.45) is 6.35. The molecule has 2 aromatic rings. The molecule has 4 rings (SSSR count). The van der Waals surface area contributed by atoms with Crippen LogP contribution in [0.5, 0.6) is 0 Å². The van der Waals surface area contributed by atoms with Crippen molar-refractivity contribution >= 4 is 0 Å². The molecule has 0 aliphatic heterocycles. The second-order valence-corrected chi connectivity index (χ2v) is 6.82. The van der Waals surface area contributed by atoms with Gasteiger partial charge in [0.1, 0.15) is 0 Å². The molecule has 0 saturated heterocycles. The monoisotopic (exact) mass is 307 g/mol. The third kappa shape index (κ3) is 2.35. The number of nitrogens with zero attached hydrogens (tertiary/aromatic N) is 1. The van der Waals surface area contributed by atoms with E-state index in [1.54, 1.807) is 0 Å². The van der Waals surface area contributed by atoms with Crippen LogP contribution in [0.2, 0.25) is 0 Å². The molecule has 1 fully saturated rings. The van der Waals surface area contributed by atoms with Crippen LogP contribution in [0.15, 0.2) is 48.5 Å². The van der Waals surface area contributed by atoms with Gasteiger partial charge in [-0.25, -0.2) is 0 Å². The Morgan fingerprint density at radius 2 is 1.26 bits per heavy atom. The van der Waals surface area contributed by atoms with Gasteiger partial charge in [-0.3, -0.25) is 10.1 Å². The van der Waals surface area contributed by atoms with E-state index in [2.05, 4.69) is 12.1 Å². The molecule has 3 heteroatoms. The molecule has 23 heavy (non-hydrogen) atoms. The average Bonchev–Trinajstić information content (AvgIpc) is 2.59. The summed E-state index contributed by atoms with van der Waals surface area (Å²) in [5.41, 5.74) is 4.15. The molecule has 0 unspecified atom stereocenters. The Morgan fingerprint density at radius 3 is 1.74 bits per heavy atom. The number of hydrogen-bond acceptors (Lipinski definition) is 2. The minimum Gasteiger partial charge on any atom is -0.264 e. The van der Waals surface area contributed by atoms with Crippen LogP contribution in [-0.4, -0.2) is 4.92 Å². The molecule has 0 bridgehead atoms. The van der Waals surface area contributed by atoms with Gasteiger partial charge in [0.25, 0.3) is 6.04 Å². The third-order valence-corrected chi connectivity index (χ3v) is 5.58. The van der Waals surface area contributed by atoms with Crippen LogP contribution in [0.1, 0.15) is 66.3 Å². The summed E-state index contributed by atoms with van der Waals surface area (Å²) in [5.74, 6) is 0.928. The van der Waals surface area contributed by atoms with Crippen molar-refractivity contribution in [1.29, 1.82) is 0 Å². The highest BCUT2D eigenvalue weighted by atomic mass is 16.6. The van der Waals surface area contributed by atoms with Gasteiger partial charge in [-0.1, -0.05) is 67.8 Å². The van der Waals surface area contributed by atoms with E-state index in [0.717, 1.165) is 11.1 Å². The SMILES string of the molecule is O=[N+]([O-])C1c2ccccc2C(C2CCCCC2)c2ccccc21. The summed E-state index contributed by atoms with van der Waals surface area (Å²) in [4.78, 5) is 11.6. The largest absolute Gasteiger partial charge is 0.264 e. The molecule has 2 aliphatic carbocycles. The molecule has 118 valence electrons. The van der Waals surface area contributed by atoms with Crippen molar-refractivity contribution in [3.05, 3.63) is 80.9 Å². The van der Waals surface area contributed by atoms with Crippen LogP contribution in [-0.2, 0) is 0 Å². The van der Waals surface area contributed by atoms with Gasteiger partial charge >= 0.3 is 0 Å². The van der Waals surface area contributed by atoms with Gasteiger partial charge < -0.3 is 0 Å². The van der Waals surface area contributed by atoms with E-state index in [-0.39, 0.29) is 4.92 Å². The Morgan fingerprint density at radius 1 is 0.783 bits per heavy atom. The van der Waals surface area contributed by atoms with Crippen molar-refractivity contribution in [2.75, 3.05) is 0 Å². The Balaban J connectivity index is 1.91. The second kappa shape index (κ2) is 5.80. The summed E-state index contributed by atoms with van der Waals surface area (Å²) in [5, 5.41) is 11.8. The Hall–Kier alpha value is -2.16. The fourth-order valence-electron chi connectivity index (χ4n) is 4.62. The highest BCUT2D eigenvalue weighted by Crippen LogP contribution is 2.49. The van der Waals surface area contributed by atoms with E-state index in [0.29, 0.717) is 11.8 Å². The van der Waals surface area contributed by atoms with E-state index in [1.165, 1.54) is 43.2 Å². The van der Waals surface area contributed by atoms with Gasteiger partial charge in [-0.15, -0.1) is 0 Å². The van der Waals surface area contributed by atoms with Crippen LogP contribution < -0.4 is 0 Å². The molecule has 3 nitrogen and oxygen atoms in total. The average molecular weight is 307 g/mol. The van der Waals surface area contributed by atoms with Gasteiger partial charge in [0, 0.05) is 22.0 Å². The van der Waals surface area contributed by atoms with E-state index in [1.807, 2.05) is 36.4 Å². The molecule has 0 heterocycles. The van der Waals surface area contributed by atoms with Gasteiger partial charge in [-0.05, 0) is 29.9 Å². The molecule has 0 amide bonds. The molecule has 0 spiro atoms. The molecule has 0 radical (unpaired) electrons. The topological polar surface area (TPSA) is 43.1 Å². The zero-order valence-electron chi connectivity index (χ0n) is 13.2. The number of nitro groups is 1. The maximum Gasteiger partial charge on any atom is 0.263 e. The predicted octanol–water partition coefficient (Wildman–Crippen LogP) is 5.08. The fourth-order valence-corrected chi connectivity index (χ4v) is 4.62. The fraction of sp³-hybridized carbons (Fsp3) is 0.400. The molecule has 1 saturated carbocycles. The molecule has 0 aromatic heterocycles. The molecule has 0 atom stereocenters. The van der Waals surface area contributed by atoms with Crippen molar-refractivity contribution in [2.45, 2.75) is 44.1 Å². The Labute approximate surface area is 136 Å². The first-order valence-corrected chi connectivity index (χ1v) is 8.58. The van der Waals surface area contributed by atoms with E-state index < -0.39 is 6.04 Å². The first-order chi connectivity index (χ1) is 11.3. The third-order valence-electron chi connectivity index (χ3n) is 5.58. The molecule has 2 aliphatic rings. The van der Waals surface area contributed by atoms with Gasteiger partial charge in [0.2, 0.25) is 0 Å². The first kappa shape index (κ1) is 14.4. The summed E-state index contributed by atoms with van der Waals surface area (Å²) >= 11 is 0. The summed E-state index contributed by atoms with van der Waals surface area (Å²) in [6.45, 7) is 0. The zero-order chi connectivity index (χ0) is 15.8. The van der Waals surface area contributed by atoms with Crippen molar-refractivity contribution in [1.82, 2.24) is 0 Å². The van der Waals surface area contributed by atoms with Crippen molar-refractivity contribution in [3.8, 4) is 0 Å². The van der Waals surface area contributed by atoms with Crippen molar-refractivity contribution in [3.63, 3.8) is 0 Å². The van der Waals surface area contributed by atoms with Gasteiger partial charge in [0.05, 0.1) is 0 Å². The van der Waals surface area contributed by atoms with E-state index in [4.69, 9.17) is 0 Å². The van der Waals surface area contributed by atoms with Gasteiger partial charge in [0.15, 0.2) is 0 Å². The number of benzene rings is 2. The minimum atomic E-state index is -0.720. The highest BCUT2D eigenvalue weighted by Gasteiger charge is 2.41. The molecule has 0 N–H and O–H groups in total. The van der Waals surface area contributed by atoms with Crippen LogP contribution in [0, 0.1) is 16.0 Å². The standard InChI is InChI=1S/C20H21NO2/c22-21(23)20-17-12-6-4-10-15(17)19(14-8-2-1-3-9-14)16-11-5-7-13-18(16)20/h4-7,10-14,19-20H,1-3,8-9H2. The summed E-state index contributed by atoms with van der Waals surface area (Å²) in [7, 11) is 0. The maximum atomic E-state index is 11.8. The maximum absolute atomic E-state index is 11.8. The minimum absolute atomic E-state index is 0.130. The highest BCUT2D eigenvalue weighted by molar-refractivity contribution is 5.51. The number of rotatable bonds is 2. The van der Waals surface area contributed by atoms with Crippen LogP contribution in [0.25, 0.3) is 0 Å². The van der Waals surface area contributed by atoms with E-state index in [9.17, 15) is 10.1 Å². The number of fused-ring (bicyclic) bond motifs is 2. The quantitative estimate of drug-likeness (QED) is 0.573. The lowest BCUT2D eigenvalue weighted by atomic mass is 9.67. The Bertz CT molecular complexity index is 686. The lowest BCUT2D eigenvalue weighted by molar-refractivity contribution is -0.517. The van der Waals surface area contributed by atoms with Crippen molar-refractivity contribution < 1.29 is 4.92 Å². The van der Waals surface area contributed by atoms with Gasteiger partial charge in [-0.2, -0.15) is 0 Å². The molecular formula is C20H21NO2. The van der Waals surface area contributed by atoms with Crippen LogP contribution >= 0.6 is 0 Å². The van der Waals surface area contributed by atoms with E-state index >= 15 is 0 Å². The molecule has 2 aromatic carbocycles. The number of hydrogen-bond donors (Lipinski definition) is 0. The summed E-state index contributed by atoms with van der Waals surface area (Å²) in [6, 6.07) is 15.3. The van der Waals surface area contributed by atoms with Crippen LogP contribution in [0.4, 0.5) is 0 Å². The lowest BCUT2D eigenvalue weighted by Gasteiger charge is -2.37. The second-order valence-electron chi connectivity index (χ2n) is 6.82. The normalized spacial score (nSPS) is 23.8. The van der Waals surface area contributed by atoms with Crippen molar-refractivity contribution in [2.24, 2.45) is 5.92 Å². The molecular weight excluding hydrogens is 286 g/mol. The Kier molecular flexibility index (Phi) is 3.64.